The number of Topliss-reactive ketones (excluding diaryl/α,β-unsaturated/α-hetero) is 1. The van der Waals surface area contributed by atoms with Crippen molar-refractivity contribution in [2.45, 2.75) is 33.1 Å². The van der Waals surface area contributed by atoms with Gasteiger partial charge in [0.05, 0.1) is 0 Å². The third-order valence-electron chi connectivity index (χ3n) is 4.47. The van der Waals surface area contributed by atoms with Crippen molar-refractivity contribution in [3.8, 4) is 11.6 Å². The number of carbonyl (C=O) groups excluding carboxylic acids is 2. The van der Waals surface area contributed by atoms with E-state index in [-0.39, 0.29) is 11.2 Å². The monoisotopic (exact) mass is 403 g/mol. The zero-order chi connectivity index (χ0) is 21.7. The summed E-state index contributed by atoms with van der Waals surface area (Å²) in [5.74, 6) is 0.960. The number of anilines is 2. The van der Waals surface area contributed by atoms with E-state index in [2.05, 4.69) is 36.4 Å². The SMILES string of the molecule is CC(=O)c1ccc(NC(=O)Nc2cccnc2Oc2ccccc2C(C)(C)C)cc1. The van der Waals surface area contributed by atoms with E-state index in [1.54, 1.807) is 42.6 Å². The number of hydrogen-bond donors (Lipinski definition) is 2. The Balaban J connectivity index is 1.76. The Kier molecular flexibility index (Phi) is 6.16. The molecule has 0 spiro atoms. The molecule has 6 nitrogen and oxygen atoms in total. The van der Waals surface area contributed by atoms with Crippen LogP contribution in [-0.4, -0.2) is 16.8 Å². The van der Waals surface area contributed by atoms with Crippen molar-refractivity contribution in [1.29, 1.82) is 0 Å². The molecule has 2 amide bonds. The predicted octanol–water partition coefficient (Wildman–Crippen LogP) is 6.02. The first-order valence-corrected chi connectivity index (χ1v) is 9.65. The molecular formula is C24H25N3O3. The van der Waals surface area contributed by atoms with E-state index in [0.29, 0.717) is 28.6 Å². The zero-order valence-corrected chi connectivity index (χ0v) is 17.5. The first kappa shape index (κ1) is 21.0. The van der Waals surface area contributed by atoms with Crippen LogP contribution in [0.3, 0.4) is 0 Å². The lowest BCUT2D eigenvalue weighted by Crippen LogP contribution is -2.20. The Morgan fingerprint density at radius 1 is 0.900 bits per heavy atom. The van der Waals surface area contributed by atoms with Gasteiger partial charge < -0.3 is 15.4 Å². The molecule has 0 unspecified atom stereocenters. The molecule has 2 aromatic carbocycles. The van der Waals surface area contributed by atoms with E-state index in [9.17, 15) is 9.59 Å². The minimum absolute atomic E-state index is 0.0290. The molecule has 0 aliphatic carbocycles. The van der Waals surface area contributed by atoms with Gasteiger partial charge in [-0.15, -0.1) is 0 Å². The molecule has 154 valence electrons. The highest BCUT2D eigenvalue weighted by Crippen LogP contribution is 2.35. The average molecular weight is 403 g/mol. The number of pyridine rings is 1. The van der Waals surface area contributed by atoms with Gasteiger partial charge in [0.2, 0.25) is 5.88 Å². The molecule has 3 rings (SSSR count). The van der Waals surface area contributed by atoms with Crippen molar-refractivity contribution >= 4 is 23.2 Å². The lowest BCUT2D eigenvalue weighted by atomic mass is 9.86. The summed E-state index contributed by atoms with van der Waals surface area (Å²) in [7, 11) is 0. The van der Waals surface area contributed by atoms with Crippen LogP contribution in [0.5, 0.6) is 11.6 Å². The number of benzene rings is 2. The van der Waals surface area contributed by atoms with Gasteiger partial charge in [0, 0.05) is 23.0 Å². The molecule has 0 saturated carbocycles. The maximum absolute atomic E-state index is 12.5. The fourth-order valence-electron chi connectivity index (χ4n) is 2.92. The van der Waals surface area contributed by atoms with Gasteiger partial charge in [-0.1, -0.05) is 39.0 Å². The number of nitrogens with zero attached hydrogens (tertiary/aromatic N) is 1. The van der Waals surface area contributed by atoms with Crippen molar-refractivity contribution in [3.63, 3.8) is 0 Å². The molecule has 1 heterocycles. The van der Waals surface area contributed by atoms with E-state index in [4.69, 9.17) is 4.74 Å². The molecule has 0 bridgehead atoms. The van der Waals surface area contributed by atoms with Crippen molar-refractivity contribution in [3.05, 3.63) is 78.0 Å². The summed E-state index contributed by atoms with van der Waals surface area (Å²) >= 11 is 0. The van der Waals surface area contributed by atoms with Gasteiger partial charge in [-0.2, -0.15) is 0 Å². The number of nitrogens with one attached hydrogen (secondary N) is 2. The van der Waals surface area contributed by atoms with Crippen LogP contribution in [0.25, 0.3) is 0 Å². The zero-order valence-electron chi connectivity index (χ0n) is 17.5. The average Bonchev–Trinajstić information content (AvgIpc) is 2.69. The molecule has 0 radical (unpaired) electrons. The number of carbonyl (C=O) groups is 2. The van der Waals surface area contributed by atoms with Crippen LogP contribution in [0.15, 0.2) is 66.9 Å². The highest BCUT2D eigenvalue weighted by atomic mass is 16.5. The van der Waals surface area contributed by atoms with Crippen molar-refractivity contribution in [2.75, 3.05) is 10.6 Å². The molecule has 1 aromatic heterocycles. The summed E-state index contributed by atoms with van der Waals surface area (Å²) in [6.45, 7) is 7.82. The number of urea groups is 1. The topological polar surface area (TPSA) is 80.3 Å². The van der Waals surface area contributed by atoms with Crippen molar-refractivity contribution in [1.82, 2.24) is 4.98 Å². The van der Waals surface area contributed by atoms with Gasteiger partial charge in [-0.25, -0.2) is 9.78 Å². The van der Waals surface area contributed by atoms with Crippen LogP contribution >= 0.6 is 0 Å². The maximum atomic E-state index is 12.5. The van der Waals surface area contributed by atoms with Gasteiger partial charge in [0.25, 0.3) is 0 Å². The summed E-state index contributed by atoms with van der Waals surface area (Å²) < 4.78 is 6.07. The summed E-state index contributed by atoms with van der Waals surface area (Å²) in [5.41, 5.74) is 2.53. The number of amides is 2. The van der Waals surface area contributed by atoms with Crippen LogP contribution in [0.1, 0.15) is 43.6 Å². The Morgan fingerprint density at radius 2 is 1.60 bits per heavy atom. The van der Waals surface area contributed by atoms with Gasteiger partial charge in [-0.3, -0.25) is 4.79 Å². The van der Waals surface area contributed by atoms with Crippen LogP contribution in [0.4, 0.5) is 16.2 Å². The second-order valence-corrected chi connectivity index (χ2v) is 7.92. The maximum Gasteiger partial charge on any atom is 0.323 e. The summed E-state index contributed by atoms with van der Waals surface area (Å²) in [5, 5.41) is 5.51. The van der Waals surface area contributed by atoms with Gasteiger partial charge >= 0.3 is 6.03 Å². The van der Waals surface area contributed by atoms with Crippen molar-refractivity contribution < 1.29 is 14.3 Å². The smallest absolute Gasteiger partial charge is 0.323 e. The van der Waals surface area contributed by atoms with Gasteiger partial charge in [0.15, 0.2) is 5.78 Å². The molecule has 6 heteroatoms. The third kappa shape index (κ3) is 5.23. The highest BCUT2D eigenvalue weighted by Gasteiger charge is 2.20. The minimum atomic E-state index is -0.437. The molecule has 0 aliphatic rings. The second kappa shape index (κ2) is 8.78. The molecule has 2 N–H and O–H groups in total. The van der Waals surface area contributed by atoms with Gasteiger partial charge in [0.1, 0.15) is 11.4 Å². The van der Waals surface area contributed by atoms with Gasteiger partial charge in [-0.05, 0) is 54.8 Å². The molecule has 0 fully saturated rings. The molecule has 0 atom stereocenters. The van der Waals surface area contributed by atoms with Crippen LogP contribution in [0.2, 0.25) is 0 Å². The standard InChI is InChI=1S/C24H25N3O3/c1-16(28)17-11-13-18(14-12-17)26-23(29)27-20-9-7-15-25-22(20)30-21-10-6-5-8-19(21)24(2,3)4/h5-15H,1-4H3,(H2,26,27,29). The third-order valence-corrected chi connectivity index (χ3v) is 4.47. The quantitative estimate of drug-likeness (QED) is 0.511. The van der Waals surface area contributed by atoms with E-state index >= 15 is 0 Å². The molecule has 30 heavy (non-hydrogen) atoms. The molecular weight excluding hydrogens is 378 g/mol. The van der Waals surface area contributed by atoms with E-state index in [1.807, 2.05) is 24.3 Å². The number of ketones is 1. The lowest BCUT2D eigenvalue weighted by Gasteiger charge is -2.22. The molecule has 3 aromatic rings. The van der Waals surface area contributed by atoms with E-state index < -0.39 is 6.03 Å². The number of ether oxygens (including phenoxy) is 1. The molecule has 0 saturated heterocycles. The fraction of sp³-hybridized carbons (Fsp3) is 0.208. The predicted molar refractivity (Wildman–Crippen MR) is 119 cm³/mol. The Labute approximate surface area is 176 Å². The fourth-order valence-corrected chi connectivity index (χ4v) is 2.92. The summed E-state index contributed by atoms with van der Waals surface area (Å²) in [6.07, 6.45) is 1.61. The largest absolute Gasteiger partial charge is 0.437 e. The first-order chi connectivity index (χ1) is 14.2. The first-order valence-electron chi connectivity index (χ1n) is 9.65. The Hall–Kier alpha value is -3.67. The van der Waals surface area contributed by atoms with E-state index in [0.717, 1.165) is 5.56 Å². The van der Waals surface area contributed by atoms with E-state index in [1.165, 1.54) is 6.92 Å². The number of rotatable bonds is 5. The van der Waals surface area contributed by atoms with Crippen molar-refractivity contribution in [2.24, 2.45) is 0 Å². The normalized spacial score (nSPS) is 10.9. The minimum Gasteiger partial charge on any atom is -0.437 e. The second-order valence-electron chi connectivity index (χ2n) is 7.92. The highest BCUT2D eigenvalue weighted by molar-refractivity contribution is 6.01. The number of aromatic nitrogens is 1. The summed E-state index contributed by atoms with van der Waals surface area (Å²) in [6, 6.07) is 17.5. The number of para-hydroxylation sites is 1. The van der Waals surface area contributed by atoms with Crippen LogP contribution in [-0.2, 0) is 5.41 Å². The van der Waals surface area contributed by atoms with Crippen LogP contribution in [0, 0.1) is 0 Å². The Bertz CT molecular complexity index is 1050. The molecule has 0 aliphatic heterocycles. The van der Waals surface area contributed by atoms with Crippen LogP contribution < -0.4 is 15.4 Å². The number of hydrogen-bond acceptors (Lipinski definition) is 4. The summed E-state index contributed by atoms with van der Waals surface area (Å²) in [4.78, 5) is 28.1. The lowest BCUT2D eigenvalue weighted by molar-refractivity contribution is 0.101. The Morgan fingerprint density at radius 3 is 2.27 bits per heavy atom.